The Labute approximate surface area is 71.3 Å². The minimum Gasteiger partial charge on any atom is -0.389 e. The summed E-state index contributed by atoms with van der Waals surface area (Å²) in [7, 11) is 0. The van der Waals surface area contributed by atoms with Crippen molar-refractivity contribution in [2.24, 2.45) is 11.1 Å². The number of rotatable bonds is 2. The number of nitrogens with zero attached hydrogens (tertiary/aromatic N) is 1. The summed E-state index contributed by atoms with van der Waals surface area (Å²) in [6, 6.07) is 0. The summed E-state index contributed by atoms with van der Waals surface area (Å²) in [5, 5.41) is 9.00. The smallest absolute Gasteiger partial charge is 0.230 e. The van der Waals surface area contributed by atoms with Crippen LogP contribution in [0.4, 0.5) is 0 Å². The molecule has 4 heteroatoms. The van der Waals surface area contributed by atoms with E-state index in [2.05, 4.69) is 0 Å². The molecule has 12 heavy (non-hydrogen) atoms. The van der Waals surface area contributed by atoms with Gasteiger partial charge in [0.1, 0.15) is 0 Å². The highest BCUT2D eigenvalue weighted by molar-refractivity contribution is 5.86. The van der Waals surface area contributed by atoms with Crippen molar-refractivity contribution in [3.8, 4) is 0 Å². The summed E-state index contributed by atoms with van der Waals surface area (Å²) in [5.41, 5.74) is 5.27. The number of hydrogen-bond acceptors (Lipinski definition) is 3. The third-order valence-electron chi connectivity index (χ3n) is 2.85. The quantitative estimate of drug-likeness (QED) is 0.554. The summed E-state index contributed by atoms with van der Waals surface area (Å²) >= 11 is 0. The Kier molecular flexibility index (Phi) is 1.63. The SMILES string of the molecule is NCC1(C(=O)N2CC(O)C2)CC1. The first-order valence-electron chi connectivity index (χ1n) is 4.35. The molecule has 1 amide bonds. The number of hydrogen-bond donors (Lipinski definition) is 2. The predicted molar refractivity (Wildman–Crippen MR) is 43.3 cm³/mol. The van der Waals surface area contributed by atoms with Gasteiger partial charge in [0.05, 0.1) is 11.5 Å². The van der Waals surface area contributed by atoms with Crippen LogP contribution in [0.2, 0.25) is 0 Å². The van der Waals surface area contributed by atoms with Crippen LogP contribution in [0.5, 0.6) is 0 Å². The fourth-order valence-electron chi connectivity index (χ4n) is 1.61. The van der Waals surface area contributed by atoms with Gasteiger partial charge in [-0.1, -0.05) is 0 Å². The predicted octanol–water partition coefficient (Wildman–Crippen LogP) is -1.07. The van der Waals surface area contributed by atoms with E-state index in [-0.39, 0.29) is 17.4 Å². The fraction of sp³-hybridized carbons (Fsp3) is 0.875. The van der Waals surface area contributed by atoms with Crippen molar-refractivity contribution in [3.05, 3.63) is 0 Å². The highest BCUT2D eigenvalue weighted by Crippen LogP contribution is 2.46. The molecule has 0 aromatic heterocycles. The molecule has 1 saturated heterocycles. The Morgan fingerprint density at radius 2 is 2.17 bits per heavy atom. The summed E-state index contributed by atoms with van der Waals surface area (Å²) in [4.78, 5) is 13.3. The third kappa shape index (κ3) is 1.03. The first-order chi connectivity index (χ1) is 5.68. The van der Waals surface area contributed by atoms with Gasteiger partial charge in [-0.3, -0.25) is 4.79 Å². The second kappa shape index (κ2) is 2.44. The Bertz CT molecular complexity index is 207. The summed E-state index contributed by atoms with van der Waals surface area (Å²) in [6.45, 7) is 1.46. The van der Waals surface area contributed by atoms with E-state index in [4.69, 9.17) is 10.8 Å². The van der Waals surface area contributed by atoms with E-state index in [0.29, 0.717) is 19.6 Å². The molecule has 2 fully saturated rings. The van der Waals surface area contributed by atoms with Gasteiger partial charge in [-0.15, -0.1) is 0 Å². The largest absolute Gasteiger partial charge is 0.389 e. The number of likely N-dealkylation sites (tertiary alicyclic amines) is 1. The van der Waals surface area contributed by atoms with Crippen LogP contribution in [0, 0.1) is 5.41 Å². The number of nitrogens with two attached hydrogens (primary N) is 1. The summed E-state index contributed by atoms with van der Waals surface area (Å²) < 4.78 is 0. The van der Waals surface area contributed by atoms with Crippen molar-refractivity contribution in [1.82, 2.24) is 4.90 Å². The maximum atomic E-state index is 11.6. The van der Waals surface area contributed by atoms with Crippen molar-refractivity contribution in [2.45, 2.75) is 18.9 Å². The average Bonchev–Trinajstić information content (AvgIpc) is 2.78. The second-order valence-electron chi connectivity index (χ2n) is 3.85. The number of carbonyl (C=O) groups is 1. The van der Waals surface area contributed by atoms with E-state index < -0.39 is 0 Å². The number of β-amino-alcohol motifs (C(OH)–C–C–N with tert-alkyl or cyclic N) is 1. The molecule has 1 aliphatic carbocycles. The van der Waals surface area contributed by atoms with E-state index in [0.717, 1.165) is 12.8 Å². The van der Waals surface area contributed by atoms with Gasteiger partial charge in [-0.2, -0.15) is 0 Å². The Morgan fingerprint density at radius 3 is 2.50 bits per heavy atom. The monoisotopic (exact) mass is 170 g/mol. The molecule has 1 aliphatic heterocycles. The van der Waals surface area contributed by atoms with Gasteiger partial charge in [0, 0.05) is 19.6 Å². The number of aliphatic hydroxyl groups excluding tert-OH is 1. The zero-order chi connectivity index (χ0) is 8.77. The maximum absolute atomic E-state index is 11.6. The number of amides is 1. The lowest BCUT2D eigenvalue weighted by Crippen LogP contribution is -2.56. The first-order valence-corrected chi connectivity index (χ1v) is 4.35. The minimum atomic E-state index is -0.303. The molecule has 0 aromatic rings. The molecule has 0 radical (unpaired) electrons. The van der Waals surface area contributed by atoms with Gasteiger partial charge >= 0.3 is 0 Å². The molecule has 3 N–H and O–H groups in total. The van der Waals surface area contributed by atoms with E-state index >= 15 is 0 Å². The van der Waals surface area contributed by atoms with Gasteiger partial charge in [0.15, 0.2) is 0 Å². The van der Waals surface area contributed by atoms with Crippen LogP contribution in [-0.2, 0) is 4.79 Å². The van der Waals surface area contributed by atoms with Crippen LogP contribution in [0.15, 0.2) is 0 Å². The van der Waals surface area contributed by atoms with Gasteiger partial charge in [0.2, 0.25) is 5.91 Å². The standard InChI is InChI=1S/C8H14N2O2/c9-5-8(1-2-8)7(12)10-3-6(11)4-10/h6,11H,1-5,9H2. The van der Waals surface area contributed by atoms with Gasteiger partial charge < -0.3 is 15.7 Å². The Hall–Kier alpha value is -0.610. The van der Waals surface area contributed by atoms with Gasteiger partial charge in [0.25, 0.3) is 0 Å². The average molecular weight is 170 g/mol. The second-order valence-corrected chi connectivity index (χ2v) is 3.85. The lowest BCUT2D eigenvalue weighted by atomic mass is 10.0. The molecule has 0 unspecified atom stereocenters. The van der Waals surface area contributed by atoms with Crippen LogP contribution >= 0.6 is 0 Å². The molecular formula is C8H14N2O2. The van der Waals surface area contributed by atoms with E-state index in [1.807, 2.05) is 0 Å². The van der Waals surface area contributed by atoms with Crippen molar-refractivity contribution < 1.29 is 9.90 Å². The van der Waals surface area contributed by atoms with Crippen LogP contribution in [-0.4, -0.2) is 41.7 Å². The minimum absolute atomic E-state index is 0.148. The molecular weight excluding hydrogens is 156 g/mol. The van der Waals surface area contributed by atoms with Crippen LogP contribution < -0.4 is 5.73 Å². The molecule has 2 aliphatic rings. The zero-order valence-corrected chi connectivity index (χ0v) is 6.99. The lowest BCUT2D eigenvalue weighted by molar-refractivity contribution is -0.146. The van der Waals surface area contributed by atoms with Gasteiger partial charge in [-0.05, 0) is 12.8 Å². The summed E-state index contributed by atoms with van der Waals surface area (Å²) in [6.07, 6.45) is 1.55. The lowest BCUT2D eigenvalue weighted by Gasteiger charge is -2.38. The van der Waals surface area contributed by atoms with Gasteiger partial charge in [-0.25, -0.2) is 0 Å². The van der Waals surface area contributed by atoms with Crippen molar-refractivity contribution in [3.63, 3.8) is 0 Å². The molecule has 1 saturated carbocycles. The molecule has 0 bridgehead atoms. The van der Waals surface area contributed by atoms with E-state index in [1.54, 1.807) is 4.90 Å². The molecule has 68 valence electrons. The van der Waals surface area contributed by atoms with Crippen LogP contribution in [0.3, 0.4) is 0 Å². The fourth-order valence-corrected chi connectivity index (χ4v) is 1.61. The topological polar surface area (TPSA) is 66.6 Å². The Morgan fingerprint density at radius 1 is 1.58 bits per heavy atom. The molecule has 0 spiro atoms. The molecule has 0 aromatic carbocycles. The molecule has 4 nitrogen and oxygen atoms in total. The summed E-state index contributed by atoms with van der Waals surface area (Å²) in [5.74, 6) is 0.148. The maximum Gasteiger partial charge on any atom is 0.230 e. The van der Waals surface area contributed by atoms with E-state index in [1.165, 1.54) is 0 Å². The third-order valence-corrected chi connectivity index (χ3v) is 2.85. The highest BCUT2D eigenvalue weighted by Gasteiger charge is 2.52. The van der Waals surface area contributed by atoms with Crippen molar-refractivity contribution in [2.75, 3.05) is 19.6 Å². The molecule has 2 rings (SSSR count). The van der Waals surface area contributed by atoms with E-state index in [9.17, 15) is 4.79 Å². The van der Waals surface area contributed by atoms with Crippen LogP contribution in [0.25, 0.3) is 0 Å². The normalized spacial score (nSPS) is 26.7. The van der Waals surface area contributed by atoms with Crippen molar-refractivity contribution >= 4 is 5.91 Å². The highest BCUT2D eigenvalue weighted by atomic mass is 16.3. The number of carbonyl (C=O) groups excluding carboxylic acids is 1. The first kappa shape index (κ1) is 8.01. The van der Waals surface area contributed by atoms with Crippen LogP contribution in [0.1, 0.15) is 12.8 Å². The number of aliphatic hydroxyl groups is 1. The molecule has 0 atom stereocenters. The molecule has 1 heterocycles. The Balaban J connectivity index is 1.93. The van der Waals surface area contributed by atoms with Crippen molar-refractivity contribution in [1.29, 1.82) is 0 Å². The zero-order valence-electron chi connectivity index (χ0n) is 6.99.